The molecule has 0 bridgehead atoms. The number of hydrogen-bond donors (Lipinski definition) is 2. The summed E-state index contributed by atoms with van der Waals surface area (Å²) >= 11 is 0. The van der Waals surface area contributed by atoms with Gasteiger partial charge < -0.3 is 10.2 Å². The third-order valence-corrected chi connectivity index (χ3v) is 7.73. The van der Waals surface area contributed by atoms with Crippen molar-refractivity contribution in [1.29, 1.82) is 0 Å². The van der Waals surface area contributed by atoms with Crippen molar-refractivity contribution in [2.75, 3.05) is 0 Å². The molecule has 2 N–H and O–H groups in total. The lowest BCUT2D eigenvalue weighted by Gasteiger charge is -2.48. The molecule has 0 spiro atoms. The zero-order chi connectivity index (χ0) is 18.8. The lowest BCUT2D eigenvalue weighted by atomic mass is 9.55. The van der Waals surface area contributed by atoms with Gasteiger partial charge in [-0.2, -0.15) is 0 Å². The van der Waals surface area contributed by atoms with Gasteiger partial charge in [0.1, 0.15) is 17.3 Å². The Morgan fingerprint density at radius 2 is 1.78 bits per heavy atom. The van der Waals surface area contributed by atoms with E-state index in [1.54, 1.807) is 12.1 Å². The van der Waals surface area contributed by atoms with Crippen LogP contribution in [0.2, 0.25) is 0 Å². The third-order valence-electron chi connectivity index (χ3n) is 7.73. The van der Waals surface area contributed by atoms with Gasteiger partial charge in [-0.1, -0.05) is 19.1 Å². The highest BCUT2D eigenvalue weighted by Crippen LogP contribution is 2.60. The molecule has 0 amide bonds. The largest absolute Gasteiger partial charge is 0.508 e. The average molecular weight is 362 g/mol. The van der Waals surface area contributed by atoms with Crippen LogP contribution in [0.25, 0.3) is 11.1 Å². The van der Waals surface area contributed by atoms with E-state index in [2.05, 4.69) is 13.0 Å². The predicted molar refractivity (Wildman–Crippen MR) is 105 cm³/mol. The summed E-state index contributed by atoms with van der Waals surface area (Å²) in [5.74, 6) is 2.62. The van der Waals surface area contributed by atoms with Gasteiger partial charge in [0.05, 0.1) is 0 Å². The number of phenolic OH excluding ortho intramolecular Hbond substituents is 2. The summed E-state index contributed by atoms with van der Waals surface area (Å²) in [6.45, 7) is 2.21. The molecule has 2 aromatic rings. The maximum atomic E-state index is 12.5. The van der Waals surface area contributed by atoms with Gasteiger partial charge in [-0.05, 0) is 90.8 Å². The minimum absolute atomic E-state index is 0.102. The highest BCUT2D eigenvalue weighted by Gasteiger charge is 2.54. The summed E-state index contributed by atoms with van der Waals surface area (Å²) in [5.41, 5.74) is 4.30. The Morgan fingerprint density at radius 1 is 1.00 bits per heavy atom. The van der Waals surface area contributed by atoms with Crippen LogP contribution in [0.15, 0.2) is 36.4 Å². The monoisotopic (exact) mass is 362 g/mol. The van der Waals surface area contributed by atoms with E-state index < -0.39 is 0 Å². The van der Waals surface area contributed by atoms with Crippen molar-refractivity contribution in [3.63, 3.8) is 0 Å². The van der Waals surface area contributed by atoms with Gasteiger partial charge in [0.15, 0.2) is 0 Å². The van der Waals surface area contributed by atoms with Crippen molar-refractivity contribution >= 4 is 5.78 Å². The van der Waals surface area contributed by atoms with Gasteiger partial charge in [-0.15, -0.1) is 0 Å². The second-order valence-electron chi connectivity index (χ2n) is 8.95. The van der Waals surface area contributed by atoms with Crippen LogP contribution in [-0.2, 0) is 11.2 Å². The summed E-state index contributed by atoms with van der Waals surface area (Å²) in [4.78, 5) is 12.5. The van der Waals surface area contributed by atoms with Crippen molar-refractivity contribution < 1.29 is 15.0 Å². The van der Waals surface area contributed by atoms with Crippen molar-refractivity contribution in [3.8, 4) is 22.6 Å². The zero-order valence-electron chi connectivity index (χ0n) is 15.7. The Balaban J connectivity index is 1.56. The first-order chi connectivity index (χ1) is 13.0. The van der Waals surface area contributed by atoms with Crippen LogP contribution < -0.4 is 0 Å². The molecule has 140 valence electrons. The van der Waals surface area contributed by atoms with Crippen LogP contribution in [0.4, 0.5) is 0 Å². The van der Waals surface area contributed by atoms with Crippen LogP contribution in [0, 0.1) is 17.3 Å². The van der Waals surface area contributed by atoms with Gasteiger partial charge >= 0.3 is 0 Å². The first-order valence-electron chi connectivity index (χ1n) is 10.2. The van der Waals surface area contributed by atoms with Gasteiger partial charge in [0.2, 0.25) is 0 Å². The van der Waals surface area contributed by atoms with E-state index in [1.807, 2.05) is 18.2 Å². The Kier molecular flexibility index (Phi) is 3.65. The molecule has 0 aromatic heterocycles. The number of fused-ring (bicyclic) bond motifs is 5. The number of hydrogen-bond acceptors (Lipinski definition) is 3. The van der Waals surface area contributed by atoms with E-state index in [0.717, 1.165) is 49.7 Å². The minimum Gasteiger partial charge on any atom is -0.508 e. The number of phenols is 2. The van der Waals surface area contributed by atoms with Crippen molar-refractivity contribution in [2.24, 2.45) is 17.3 Å². The molecule has 2 aromatic carbocycles. The number of benzene rings is 2. The molecule has 0 saturated heterocycles. The number of ketones is 1. The van der Waals surface area contributed by atoms with Gasteiger partial charge in [0.25, 0.3) is 0 Å². The van der Waals surface area contributed by atoms with E-state index >= 15 is 0 Å². The second-order valence-corrected chi connectivity index (χ2v) is 8.95. The fourth-order valence-corrected chi connectivity index (χ4v) is 6.25. The summed E-state index contributed by atoms with van der Waals surface area (Å²) in [7, 11) is 0. The Morgan fingerprint density at radius 3 is 2.56 bits per heavy atom. The zero-order valence-corrected chi connectivity index (χ0v) is 15.7. The molecule has 3 heteroatoms. The molecule has 4 atom stereocenters. The normalized spacial score (nSPS) is 31.9. The van der Waals surface area contributed by atoms with E-state index in [9.17, 15) is 15.0 Å². The number of aryl methyl sites for hydroxylation is 1. The van der Waals surface area contributed by atoms with E-state index in [0.29, 0.717) is 29.3 Å². The molecule has 0 radical (unpaired) electrons. The molecule has 0 unspecified atom stereocenters. The van der Waals surface area contributed by atoms with Crippen molar-refractivity contribution in [1.82, 2.24) is 0 Å². The highest BCUT2D eigenvalue weighted by atomic mass is 16.3. The maximum absolute atomic E-state index is 12.5. The molecular formula is C24H26O3. The molecule has 3 nitrogen and oxygen atoms in total. The lowest BCUT2D eigenvalue weighted by molar-refractivity contribution is -0.129. The predicted octanol–water partition coefficient (Wildman–Crippen LogP) is 5.19. The maximum Gasteiger partial charge on any atom is 0.139 e. The minimum atomic E-state index is -0.102. The third kappa shape index (κ3) is 2.44. The number of rotatable bonds is 1. The Labute approximate surface area is 160 Å². The highest BCUT2D eigenvalue weighted by molar-refractivity contribution is 5.87. The van der Waals surface area contributed by atoms with Gasteiger partial charge in [0, 0.05) is 17.4 Å². The van der Waals surface area contributed by atoms with E-state index in [-0.39, 0.29) is 11.2 Å². The average Bonchev–Trinajstić information content (AvgIpc) is 2.97. The molecule has 2 saturated carbocycles. The van der Waals surface area contributed by atoms with Crippen LogP contribution in [0.5, 0.6) is 11.5 Å². The molecular weight excluding hydrogens is 336 g/mol. The first kappa shape index (κ1) is 16.9. The number of aromatic hydroxyl groups is 2. The summed E-state index contributed by atoms with van der Waals surface area (Å²) in [6.07, 6.45) is 5.98. The number of Topliss-reactive ketones (excluding diaryl/α,β-unsaturated/α-hetero) is 1. The molecule has 27 heavy (non-hydrogen) atoms. The Hall–Kier alpha value is -2.29. The Bertz CT molecular complexity index is 914. The number of carbonyl (C=O) groups excluding carboxylic acids is 1. The summed E-state index contributed by atoms with van der Waals surface area (Å²) < 4.78 is 0. The quantitative estimate of drug-likeness (QED) is 0.734. The van der Waals surface area contributed by atoms with Crippen LogP contribution >= 0.6 is 0 Å². The SMILES string of the molecule is C[C@]12CC[C@@H]3c4cc(-c5ccc(O)cc5)c(O)cc4CC[C@H]3[C@@H]1CCC2=O. The standard InChI is InChI=1S/C24H26O3/c1-24-11-10-17-18(21(24)8-9-23(24)27)7-4-15-12-22(26)20(13-19(15)17)14-2-5-16(25)6-3-14/h2-3,5-6,12-13,17-18,21,25-26H,4,7-11H2,1H3/t17-,18+,21-,24-/m0/s1. The molecule has 3 aliphatic carbocycles. The van der Waals surface area contributed by atoms with Gasteiger partial charge in [-0.25, -0.2) is 0 Å². The van der Waals surface area contributed by atoms with Crippen LogP contribution in [0.3, 0.4) is 0 Å². The van der Waals surface area contributed by atoms with Crippen molar-refractivity contribution in [2.45, 2.75) is 51.4 Å². The van der Waals surface area contributed by atoms with Crippen molar-refractivity contribution in [3.05, 3.63) is 47.5 Å². The van der Waals surface area contributed by atoms with Crippen LogP contribution in [-0.4, -0.2) is 16.0 Å². The number of carbonyl (C=O) groups is 1. The van der Waals surface area contributed by atoms with E-state index in [1.165, 1.54) is 11.1 Å². The summed E-state index contributed by atoms with van der Waals surface area (Å²) in [5, 5.41) is 20.2. The molecule has 0 heterocycles. The smallest absolute Gasteiger partial charge is 0.139 e. The van der Waals surface area contributed by atoms with Gasteiger partial charge in [-0.3, -0.25) is 4.79 Å². The van der Waals surface area contributed by atoms with Crippen LogP contribution in [0.1, 0.15) is 56.1 Å². The molecule has 3 aliphatic rings. The fraction of sp³-hybridized carbons (Fsp3) is 0.458. The second kappa shape index (κ2) is 5.85. The topological polar surface area (TPSA) is 57.5 Å². The summed E-state index contributed by atoms with van der Waals surface area (Å²) in [6, 6.07) is 11.1. The molecule has 5 rings (SSSR count). The molecule has 0 aliphatic heterocycles. The lowest BCUT2D eigenvalue weighted by Crippen LogP contribution is -2.42. The first-order valence-corrected chi connectivity index (χ1v) is 10.2. The fourth-order valence-electron chi connectivity index (χ4n) is 6.25. The molecule has 2 fully saturated rings. The van der Waals surface area contributed by atoms with E-state index in [4.69, 9.17) is 0 Å².